The summed E-state index contributed by atoms with van der Waals surface area (Å²) in [6.45, 7) is 4.86. The maximum atomic E-state index is 5.55. The van der Waals surface area contributed by atoms with Crippen LogP contribution in [-0.2, 0) is 4.74 Å². The summed E-state index contributed by atoms with van der Waals surface area (Å²) in [5.74, 6) is 2.15. The molecule has 1 saturated heterocycles. The number of aliphatic imine (C=N–C) groups is 1. The Balaban J connectivity index is 1.58. The second-order valence-corrected chi connectivity index (χ2v) is 6.62. The summed E-state index contributed by atoms with van der Waals surface area (Å²) in [5, 5.41) is 4.82. The third-order valence-corrected chi connectivity index (χ3v) is 5.11. The lowest BCUT2D eigenvalue weighted by Gasteiger charge is -2.36. The molecule has 0 aromatic heterocycles. The molecule has 2 atom stereocenters. The molecule has 0 aromatic carbocycles. The average Bonchev–Trinajstić information content (AvgIpc) is 2.46. The van der Waals surface area contributed by atoms with Gasteiger partial charge < -0.3 is 10.1 Å². The number of unbranched alkanes of at least 4 members (excludes halogenated alkanes) is 1. The highest BCUT2D eigenvalue weighted by Gasteiger charge is 2.29. The van der Waals surface area contributed by atoms with Gasteiger partial charge in [0.1, 0.15) is 0 Å². The van der Waals surface area contributed by atoms with Gasteiger partial charge >= 0.3 is 0 Å². The van der Waals surface area contributed by atoms with E-state index in [4.69, 9.17) is 4.74 Å². The summed E-state index contributed by atoms with van der Waals surface area (Å²) in [7, 11) is 0. The van der Waals surface area contributed by atoms with Gasteiger partial charge in [0.25, 0.3) is 0 Å². The molecule has 1 aliphatic heterocycles. The van der Waals surface area contributed by atoms with Crippen LogP contribution in [0, 0.1) is 5.92 Å². The third kappa shape index (κ3) is 5.35. The first-order valence-electron chi connectivity index (χ1n) is 7.91. The van der Waals surface area contributed by atoms with Gasteiger partial charge in [0, 0.05) is 31.6 Å². The standard InChI is InChI=1S/C15H28N2OS/c1-2-3-10-18-11-6-9-16-15-17-14-8-5-4-7-13(14)12-19-15/h13-14H,2-12H2,1H3,(H,16,17). The summed E-state index contributed by atoms with van der Waals surface area (Å²) in [6.07, 6.45) is 8.99. The molecule has 2 fully saturated rings. The van der Waals surface area contributed by atoms with Gasteiger partial charge in [-0.15, -0.1) is 0 Å². The minimum absolute atomic E-state index is 0.703. The highest BCUT2D eigenvalue weighted by molar-refractivity contribution is 8.13. The van der Waals surface area contributed by atoms with E-state index in [2.05, 4.69) is 17.2 Å². The van der Waals surface area contributed by atoms with Gasteiger partial charge in [0.05, 0.1) is 0 Å². The monoisotopic (exact) mass is 284 g/mol. The molecule has 2 unspecified atom stereocenters. The summed E-state index contributed by atoms with van der Waals surface area (Å²) < 4.78 is 5.55. The number of hydrogen-bond donors (Lipinski definition) is 1. The number of rotatable bonds is 7. The van der Waals surface area contributed by atoms with E-state index in [1.165, 1.54) is 49.4 Å². The molecule has 2 rings (SSSR count). The lowest BCUT2D eigenvalue weighted by atomic mass is 9.86. The van der Waals surface area contributed by atoms with Crippen molar-refractivity contribution < 1.29 is 4.74 Å². The van der Waals surface area contributed by atoms with Gasteiger partial charge in [-0.3, -0.25) is 4.99 Å². The van der Waals surface area contributed by atoms with Crippen LogP contribution in [0.15, 0.2) is 4.99 Å². The van der Waals surface area contributed by atoms with Crippen LogP contribution in [0.1, 0.15) is 51.9 Å². The molecular weight excluding hydrogens is 256 g/mol. The van der Waals surface area contributed by atoms with Gasteiger partial charge in [-0.1, -0.05) is 37.9 Å². The minimum atomic E-state index is 0.703. The quantitative estimate of drug-likeness (QED) is 0.727. The number of thioether (sulfide) groups is 1. The predicted molar refractivity (Wildman–Crippen MR) is 84.0 cm³/mol. The molecule has 2 aliphatic rings. The zero-order valence-corrected chi connectivity index (χ0v) is 13.0. The van der Waals surface area contributed by atoms with Crippen LogP contribution in [0.2, 0.25) is 0 Å². The zero-order valence-electron chi connectivity index (χ0n) is 12.2. The van der Waals surface area contributed by atoms with E-state index in [0.717, 1.165) is 32.1 Å². The summed E-state index contributed by atoms with van der Waals surface area (Å²) >= 11 is 1.92. The first-order chi connectivity index (χ1) is 9.40. The summed E-state index contributed by atoms with van der Waals surface area (Å²) in [5.41, 5.74) is 0. The molecule has 0 radical (unpaired) electrons. The van der Waals surface area contributed by atoms with Crippen LogP contribution in [0.3, 0.4) is 0 Å². The van der Waals surface area contributed by atoms with Crippen LogP contribution >= 0.6 is 11.8 Å². The van der Waals surface area contributed by atoms with E-state index in [9.17, 15) is 0 Å². The predicted octanol–water partition coefficient (Wildman–Crippen LogP) is 3.44. The number of fused-ring (bicyclic) bond motifs is 1. The molecule has 19 heavy (non-hydrogen) atoms. The topological polar surface area (TPSA) is 33.6 Å². The van der Waals surface area contributed by atoms with E-state index in [0.29, 0.717) is 6.04 Å². The van der Waals surface area contributed by atoms with Crippen molar-refractivity contribution in [3.05, 3.63) is 0 Å². The Morgan fingerprint density at radius 1 is 1.26 bits per heavy atom. The van der Waals surface area contributed by atoms with Crippen molar-refractivity contribution in [2.45, 2.75) is 57.9 Å². The highest BCUT2D eigenvalue weighted by atomic mass is 32.2. The van der Waals surface area contributed by atoms with Gasteiger partial charge in [0.2, 0.25) is 0 Å². The fourth-order valence-corrected chi connectivity index (χ4v) is 3.96. The molecule has 0 aromatic rings. The first-order valence-corrected chi connectivity index (χ1v) is 8.90. The number of nitrogens with one attached hydrogen (secondary N) is 1. The Kier molecular flexibility index (Phi) is 7.07. The van der Waals surface area contributed by atoms with Crippen molar-refractivity contribution in [3.8, 4) is 0 Å². The van der Waals surface area contributed by atoms with Gasteiger partial charge in [-0.2, -0.15) is 0 Å². The Bertz CT molecular complexity index is 283. The van der Waals surface area contributed by atoms with Gasteiger partial charge in [-0.05, 0) is 31.6 Å². The largest absolute Gasteiger partial charge is 0.381 e. The molecule has 0 spiro atoms. The van der Waals surface area contributed by atoms with E-state index in [1.807, 2.05) is 11.8 Å². The first kappa shape index (κ1) is 15.2. The maximum absolute atomic E-state index is 5.55. The molecule has 1 heterocycles. The smallest absolute Gasteiger partial charge is 0.156 e. The second kappa shape index (κ2) is 8.85. The molecule has 110 valence electrons. The van der Waals surface area contributed by atoms with Gasteiger partial charge in [0.15, 0.2) is 5.17 Å². The molecule has 0 amide bonds. The Morgan fingerprint density at radius 3 is 3.00 bits per heavy atom. The maximum Gasteiger partial charge on any atom is 0.156 e. The van der Waals surface area contributed by atoms with Crippen LogP contribution in [0.4, 0.5) is 0 Å². The van der Waals surface area contributed by atoms with Crippen molar-refractivity contribution in [1.82, 2.24) is 5.32 Å². The lowest BCUT2D eigenvalue weighted by molar-refractivity contribution is 0.130. The summed E-state index contributed by atoms with van der Waals surface area (Å²) in [4.78, 5) is 4.68. The van der Waals surface area contributed by atoms with Crippen LogP contribution < -0.4 is 5.32 Å². The zero-order chi connectivity index (χ0) is 13.3. The number of amidine groups is 1. The Labute approximate surface area is 122 Å². The average molecular weight is 284 g/mol. The summed E-state index contributed by atoms with van der Waals surface area (Å²) in [6, 6.07) is 0.703. The highest BCUT2D eigenvalue weighted by Crippen LogP contribution is 2.31. The number of nitrogens with zero attached hydrogens (tertiary/aromatic N) is 1. The van der Waals surface area contributed by atoms with Crippen molar-refractivity contribution in [1.29, 1.82) is 0 Å². The van der Waals surface area contributed by atoms with Crippen LogP contribution in [0.5, 0.6) is 0 Å². The molecular formula is C15H28N2OS. The van der Waals surface area contributed by atoms with Crippen LogP contribution in [0.25, 0.3) is 0 Å². The lowest BCUT2D eigenvalue weighted by Crippen LogP contribution is -2.46. The van der Waals surface area contributed by atoms with Crippen LogP contribution in [-0.4, -0.2) is 36.7 Å². The molecule has 4 heteroatoms. The van der Waals surface area contributed by atoms with E-state index in [-0.39, 0.29) is 0 Å². The normalized spacial score (nSPS) is 29.0. The van der Waals surface area contributed by atoms with Crippen molar-refractivity contribution >= 4 is 16.9 Å². The molecule has 1 N–H and O–H groups in total. The third-order valence-electron chi connectivity index (χ3n) is 4.00. The number of hydrogen-bond acceptors (Lipinski definition) is 3. The van der Waals surface area contributed by atoms with Crippen molar-refractivity contribution in [2.24, 2.45) is 10.9 Å². The minimum Gasteiger partial charge on any atom is -0.381 e. The molecule has 1 saturated carbocycles. The molecule has 3 nitrogen and oxygen atoms in total. The van der Waals surface area contributed by atoms with E-state index >= 15 is 0 Å². The fraction of sp³-hybridized carbons (Fsp3) is 0.933. The van der Waals surface area contributed by atoms with Gasteiger partial charge in [-0.25, -0.2) is 0 Å². The van der Waals surface area contributed by atoms with E-state index < -0.39 is 0 Å². The second-order valence-electron chi connectivity index (χ2n) is 5.61. The SMILES string of the molecule is CCCCOCCCN=C1NC2CCCCC2CS1. The van der Waals surface area contributed by atoms with E-state index in [1.54, 1.807) is 0 Å². The van der Waals surface area contributed by atoms with Crippen molar-refractivity contribution in [2.75, 3.05) is 25.5 Å². The number of ether oxygens (including phenoxy) is 1. The van der Waals surface area contributed by atoms with Crippen molar-refractivity contribution in [3.63, 3.8) is 0 Å². The Hall–Kier alpha value is -0.220. The molecule has 0 bridgehead atoms. The molecule has 1 aliphatic carbocycles. The fourth-order valence-electron chi connectivity index (χ4n) is 2.77. The Morgan fingerprint density at radius 2 is 2.11 bits per heavy atom.